The second-order valence-electron chi connectivity index (χ2n) is 4.60. The van der Waals surface area contributed by atoms with Gasteiger partial charge in [0.1, 0.15) is 10.8 Å². The van der Waals surface area contributed by atoms with Crippen LogP contribution in [0.3, 0.4) is 0 Å². The smallest absolute Gasteiger partial charge is 0.137 e. The molecule has 114 valence electrons. The maximum atomic E-state index is 5.85. The highest BCUT2D eigenvalue weighted by Gasteiger charge is 2.20. The van der Waals surface area contributed by atoms with Gasteiger partial charge in [-0.05, 0) is 13.3 Å². The second-order valence-corrected chi connectivity index (χ2v) is 5.04. The monoisotopic (exact) mass is 300 g/mol. The van der Waals surface area contributed by atoms with Crippen molar-refractivity contribution < 1.29 is 9.47 Å². The molecule has 0 aliphatic heterocycles. The third-order valence-electron chi connectivity index (χ3n) is 3.08. The summed E-state index contributed by atoms with van der Waals surface area (Å²) in [6, 6.07) is 0. The molecule has 0 amide bonds. The Balaban J connectivity index is 3.02. The largest absolute Gasteiger partial charge is 0.389 e. The van der Waals surface area contributed by atoms with Gasteiger partial charge < -0.3 is 20.1 Å². The van der Waals surface area contributed by atoms with Crippen LogP contribution in [0.5, 0.6) is 0 Å². The van der Waals surface area contributed by atoms with Gasteiger partial charge in [0, 0.05) is 41.0 Å². The molecule has 0 aliphatic rings. The van der Waals surface area contributed by atoms with Crippen LogP contribution in [-0.4, -0.2) is 55.3 Å². The first kappa shape index (κ1) is 16.9. The molecule has 0 fully saturated rings. The number of anilines is 1. The van der Waals surface area contributed by atoms with Crippen LogP contribution < -0.4 is 10.6 Å². The summed E-state index contributed by atoms with van der Waals surface area (Å²) in [6.07, 6.45) is 0.918. The second kappa shape index (κ2) is 8.18. The predicted octanol–water partition coefficient (Wildman–Crippen LogP) is 0.852. The summed E-state index contributed by atoms with van der Waals surface area (Å²) >= 11 is 5.16. The van der Waals surface area contributed by atoms with E-state index in [1.807, 2.05) is 18.7 Å². The zero-order valence-corrected chi connectivity index (χ0v) is 13.5. The average Bonchev–Trinajstić information content (AvgIpc) is 2.68. The summed E-state index contributed by atoms with van der Waals surface area (Å²) in [5.41, 5.74) is 7.54. The van der Waals surface area contributed by atoms with Crippen molar-refractivity contribution in [2.75, 3.05) is 45.4 Å². The van der Waals surface area contributed by atoms with Crippen molar-refractivity contribution in [3.63, 3.8) is 0 Å². The van der Waals surface area contributed by atoms with E-state index in [-0.39, 0.29) is 0 Å². The Bertz CT molecular complexity index is 448. The molecule has 1 heterocycles. The highest BCUT2D eigenvalue weighted by molar-refractivity contribution is 7.80. The maximum Gasteiger partial charge on any atom is 0.137 e. The van der Waals surface area contributed by atoms with E-state index in [1.165, 1.54) is 0 Å². The molecule has 20 heavy (non-hydrogen) atoms. The van der Waals surface area contributed by atoms with Crippen molar-refractivity contribution in [3.05, 3.63) is 11.3 Å². The third kappa shape index (κ3) is 4.16. The van der Waals surface area contributed by atoms with E-state index in [9.17, 15) is 0 Å². The number of thiocarbonyl (C=S) groups is 1. The molecule has 0 radical (unpaired) electrons. The minimum Gasteiger partial charge on any atom is -0.389 e. The predicted molar refractivity (Wildman–Crippen MR) is 84.4 cm³/mol. The molecule has 1 aromatic rings. The van der Waals surface area contributed by atoms with Gasteiger partial charge in [-0.3, -0.25) is 4.68 Å². The van der Waals surface area contributed by atoms with Crippen molar-refractivity contribution in [3.8, 4) is 0 Å². The average molecular weight is 300 g/mol. The fraction of sp³-hybridized carbons (Fsp3) is 0.692. The quantitative estimate of drug-likeness (QED) is 0.539. The van der Waals surface area contributed by atoms with Gasteiger partial charge in [-0.15, -0.1) is 0 Å². The van der Waals surface area contributed by atoms with Gasteiger partial charge in [0.15, 0.2) is 0 Å². The molecule has 7 heteroatoms. The van der Waals surface area contributed by atoms with Gasteiger partial charge in [-0.1, -0.05) is 12.2 Å². The molecule has 0 spiro atoms. The summed E-state index contributed by atoms with van der Waals surface area (Å²) in [7, 11) is 5.30. The zero-order valence-electron chi connectivity index (χ0n) is 12.7. The lowest BCUT2D eigenvalue weighted by atomic mass is 10.2. The number of aromatic nitrogens is 2. The molecule has 0 saturated carbocycles. The Morgan fingerprint density at radius 2 is 1.95 bits per heavy atom. The SMILES string of the molecule is COCCCN(CCOC)c1c(C(N)=S)c(C)nn1C. The van der Waals surface area contributed by atoms with Gasteiger partial charge in [0.05, 0.1) is 17.9 Å². The summed E-state index contributed by atoms with van der Waals surface area (Å²) in [6.45, 7) is 4.86. The lowest BCUT2D eigenvalue weighted by molar-refractivity contribution is 0.190. The summed E-state index contributed by atoms with van der Waals surface area (Å²) in [5.74, 6) is 0.947. The number of methoxy groups -OCH3 is 2. The molecule has 2 N–H and O–H groups in total. The normalized spacial score (nSPS) is 10.8. The van der Waals surface area contributed by atoms with Crippen LogP contribution in [0, 0.1) is 6.92 Å². The molecule has 1 aromatic heterocycles. The Morgan fingerprint density at radius 1 is 1.30 bits per heavy atom. The molecular weight excluding hydrogens is 276 g/mol. The fourth-order valence-electron chi connectivity index (χ4n) is 2.22. The van der Waals surface area contributed by atoms with Crippen molar-refractivity contribution in [2.24, 2.45) is 12.8 Å². The maximum absolute atomic E-state index is 5.85. The molecule has 0 aliphatic carbocycles. The Hall–Kier alpha value is -1.18. The van der Waals surface area contributed by atoms with Crippen LogP contribution in [0.4, 0.5) is 5.82 Å². The van der Waals surface area contributed by atoms with Crippen LogP contribution in [0.25, 0.3) is 0 Å². The molecule has 6 nitrogen and oxygen atoms in total. The van der Waals surface area contributed by atoms with Crippen LogP contribution in [0.2, 0.25) is 0 Å². The Labute approximate surface area is 125 Å². The highest BCUT2D eigenvalue weighted by atomic mass is 32.1. The van der Waals surface area contributed by atoms with Crippen LogP contribution >= 0.6 is 12.2 Å². The van der Waals surface area contributed by atoms with Crippen LogP contribution in [0.15, 0.2) is 0 Å². The zero-order chi connectivity index (χ0) is 15.1. The standard InChI is InChI=1S/C13H24N4O2S/c1-10-11(12(14)20)13(16(2)15-10)17(7-9-19-4)6-5-8-18-3/h5-9H2,1-4H3,(H2,14,20). The molecule has 0 atom stereocenters. The van der Waals surface area contributed by atoms with Gasteiger partial charge in [0.2, 0.25) is 0 Å². The van der Waals surface area contributed by atoms with Gasteiger partial charge >= 0.3 is 0 Å². The third-order valence-corrected chi connectivity index (χ3v) is 3.28. The molecule has 0 unspecified atom stereocenters. The molecule has 1 rings (SSSR count). The van der Waals surface area contributed by atoms with E-state index < -0.39 is 0 Å². The minimum absolute atomic E-state index is 0.375. The first-order valence-corrected chi connectivity index (χ1v) is 7.00. The van der Waals surface area contributed by atoms with E-state index in [4.69, 9.17) is 27.4 Å². The van der Waals surface area contributed by atoms with Gasteiger partial charge in [-0.2, -0.15) is 5.10 Å². The van der Waals surface area contributed by atoms with E-state index in [1.54, 1.807) is 14.2 Å². The fourth-order valence-corrected chi connectivity index (χ4v) is 2.46. The van der Waals surface area contributed by atoms with E-state index in [0.717, 1.165) is 36.6 Å². The van der Waals surface area contributed by atoms with Crippen molar-refractivity contribution in [2.45, 2.75) is 13.3 Å². The molecular formula is C13H24N4O2S. The Kier molecular flexibility index (Phi) is 6.90. The summed E-state index contributed by atoms with van der Waals surface area (Å²) in [5, 5.41) is 4.42. The van der Waals surface area contributed by atoms with Gasteiger partial charge in [0.25, 0.3) is 0 Å². The van der Waals surface area contributed by atoms with Crippen molar-refractivity contribution in [1.82, 2.24) is 9.78 Å². The first-order chi connectivity index (χ1) is 9.52. The number of ether oxygens (including phenoxy) is 2. The van der Waals surface area contributed by atoms with Crippen molar-refractivity contribution in [1.29, 1.82) is 0 Å². The van der Waals surface area contributed by atoms with E-state index >= 15 is 0 Å². The number of aryl methyl sites for hydroxylation is 2. The number of nitrogens with zero attached hydrogens (tertiary/aromatic N) is 3. The number of nitrogens with two attached hydrogens (primary N) is 1. The number of hydrogen-bond acceptors (Lipinski definition) is 5. The van der Waals surface area contributed by atoms with Crippen molar-refractivity contribution >= 4 is 23.0 Å². The molecule has 0 bridgehead atoms. The summed E-state index contributed by atoms with van der Waals surface area (Å²) in [4.78, 5) is 2.57. The lowest BCUT2D eigenvalue weighted by Crippen LogP contribution is -2.32. The molecule has 0 aromatic carbocycles. The topological polar surface area (TPSA) is 65.5 Å². The minimum atomic E-state index is 0.375. The van der Waals surface area contributed by atoms with E-state index in [2.05, 4.69) is 10.00 Å². The van der Waals surface area contributed by atoms with E-state index in [0.29, 0.717) is 18.2 Å². The number of rotatable bonds is 9. The lowest BCUT2D eigenvalue weighted by Gasteiger charge is -2.25. The molecule has 0 saturated heterocycles. The Morgan fingerprint density at radius 3 is 2.50 bits per heavy atom. The van der Waals surface area contributed by atoms with Gasteiger partial charge in [-0.25, -0.2) is 0 Å². The summed E-state index contributed by atoms with van der Waals surface area (Å²) < 4.78 is 12.1. The first-order valence-electron chi connectivity index (χ1n) is 6.59. The van der Waals surface area contributed by atoms with Crippen LogP contribution in [0.1, 0.15) is 17.7 Å². The number of hydrogen-bond donors (Lipinski definition) is 1. The van der Waals surface area contributed by atoms with Crippen LogP contribution in [-0.2, 0) is 16.5 Å². The highest BCUT2D eigenvalue weighted by Crippen LogP contribution is 2.23.